The summed E-state index contributed by atoms with van der Waals surface area (Å²) in [6.45, 7) is 2.49. The second-order valence-electron chi connectivity index (χ2n) is 5.14. The van der Waals surface area contributed by atoms with E-state index in [1.165, 1.54) is 6.42 Å². The fraction of sp³-hybridized carbons (Fsp3) is 0.750. The molecule has 2 saturated heterocycles. The van der Waals surface area contributed by atoms with Gasteiger partial charge in [-0.1, -0.05) is 6.42 Å². The third-order valence-corrected chi connectivity index (χ3v) is 3.87. The fourth-order valence-electron chi connectivity index (χ4n) is 2.80. The van der Waals surface area contributed by atoms with Crippen LogP contribution in [0.25, 0.3) is 0 Å². The Morgan fingerprint density at radius 2 is 2.11 bits per heavy atom. The van der Waals surface area contributed by atoms with Crippen molar-refractivity contribution < 1.29 is 9.53 Å². The van der Waals surface area contributed by atoms with Crippen LogP contribution in [-0.2, 0) is 9.53 Å². The molecule has 0 aromatic heterocycles. The number of carbonyl (C=O) groups is 1. The van der Waals surface area contributed by atoms with E-state index in [0.717, 1.165) is 25.9 Å². The van der Waals surface area contributed by atoms with Crippen LogP contribution in [0.4, 0.5) is 0 Å². The zero-order valence-electron chi connectivity index (χ0n) is 10.4. The van der Waals surface area contributed by atoms with E-state index in [0.29, 0.717) is 6.61 Å². The monoisotopic (exact) mass is 252 g/mol. The molecule has 6 heteroatoms. The van der Waals surface area contributed by atoms with Gasteiger partial charge >= 0.3 is 0 Å². The second-order valence-corrected chi connectivity index (χ2v) is 5.14. The van der Waals surface area contributed by atoms with Gasteiger partial charge in [0.2, 0.25) is 0 Å². The Labute approximate surface area is 107 Å². The van der Waals surface area contributed by atoms with Crippen molar-refractivity contribution in [2.24, 2.45) is 5.92 Å². The predicted octanol–water partition coefficient (Wildman–Crippen LogP) is -0.491. The van der Waals surface area contributed by atoms with E-state index in [9.17, 15) is 4.79 Å². The maximum atomic E-state index is 12.2. The van der Waals surface area contributed by atoms with Crippen molar-refractivity contribution in [1.29, 1.82) is 0 Å². The van der Waals surface area contributed by atoms with Crippen molar-refractivity contribution in [3.63, 3.8) is 0 Å². The number of nitrogens with zero attached hydrogens (tertiary/aromatic N) is 1. The molecule has 3 unspecified atom stereocenters. The van der Waals surface area contributed by atoms with Crippen LogP contribution in [0.1, 0.15) is 19.3 Å². The molecular weight excluding hydrogens is 232 g/mol. The van der Waals surface area contributed by atoms with E-state index in [-0.39, 0.29) is 23.9 Å². The van der Waals surface area contributed by atoms with Crippen molar-refractivity contribution in [1.82, 2.24) is 21.3 Å². The van der Waals surface area contributed by atoms with Crippen molar-refractivity contribution in [2.45, 2.75) is 31.3 Å². The number of hydrogen-bond donors (Lipinski definition) is 3. The van der Waals surface area contributed by atoms with E-state index in [1.807, 2.05) is 11.1 Å². The Kier molecular flexibility index (Phi) is 3.49. The molecule has 3 aliphatic rings. The maximum absolute atomic E-state index is 12.2. The minimum Gasteiger partial charge on any atom is -0.501 e. The average molecular weight is 252 g/mol. The van der Waals surface area contributed by atoms with Gasteiger partial charge in [-0.3, -0.25) is 10.2 Å². The number of carbonyl (C=O) groups excluding carboxylic acids is 1. The molecule has 100 valence electrons. The summed E-state index contributed by atoms with van der Waals surface area (Å²) in [5.74, 6) is 0.204. The third-order valence-electron chi connectivity index (χ3n) is 3.87. The minimum atomic E-state index is -0.220. The molecule has 0 aromatic rings. The topological polar surface area (TPSA) is 65.6 Å². The van der Waals surface area contributed by atoms with Crippen molar-refractivity contribution in [2.75, 3.05) is 19.7 Å². The molecule has 3 atom stereocenters. The van der Waals surface area contributed by atoms with Gasteiger partial charge in [0.25, 0.3) is 5.91 Å². The Hall–Kier alpha value is -1.11. The summed E-state index contributed by atoms with van der Waals surface area (Å²) in [5.41, 5.74) is 9.20. The zero-order valence-corrected chi connectivity index (χ0v) is 10.4. The number of nitrogens with one attached hydrogen (secondary N) is 3. The third kappa shape index (κ3) is 2.36. The molecule has 3 heterocycles. The van der Waals surface area contributed by atoms with Crippen LogP contribution in [0, 0.1) is 5.92 Å². The number of rotatable bonds is 2. The Morgan fingerprint density at radius 1 is 1.28 bits per heavy atom. The van der Waals surface area contributed by atoms with Gasteiger partial charge in [0.15, 0.2) is 0 Å². The second kappa shape index (κ2) is 5.26. The molecular formula is C12H20N4O2. The highest BCUT2D eigenvalue weighted by molar-refractivity contribution is 5.82. The van der Waals surface area contributed by atoms with Crippen molar-refractivity contribution in [3.05, 3.63) is 12.3 Å². The Bertz CT molecular complexity index is 341. The first-order valence-electron chi connectivity index (χ1n) is 6.69. The summed E-state index contributed by atoms with van der Waals surface area (Å²) < 4.78 is 5.30. The van der Waals surface area contributed by atoms with Gasteiger partial charge in [-0.25, -0.2) is 15.9 Å². The van der Waals surface area contributed by atoms with Crippen LogP contribution in [0.3, 0.4) is 0 Å². The summed E-state index contributed by atoms with van der Waals surface area (Å²) in [5, 5.41) is 2.03. The number of piperidine rings is 1. The maximum Gasteiger partial charge on any atom is 0.253 e. The van der Waals surface area contributed by atoms with Crippen LogP contribution < -0.4 is 16.3 Å². The molecule has 2 fully saturated rings. The molecule has 0 radical (unpaired) electrons. The largest absolute Gasteiger partial charge is 0.501 e. The van der Waals surface area contributed by atoms with E-state index < -0.39 is 0 Å². The van der Waals surface area contributed by atoms with Crippen LogP contribution >= 0.6 is 0 Å². The van der Waals surface area contributed by atoms with Crippen molar-refractivity contribution >= 4 is 5.91 Å². The number of ether oxygens (including phenoxy) is 1. The lowest BCUT2D eigenvalue weighted by atomic mass is 9.94. The van der Waals surface area contributed by atoms with Gasteiger partial charge in [-0.2, -0.15) is 0 Å². The summed E-state index contributed by atoms with van der Waals surface area (Å²) in [6.07, 6.45) is 7.23. The summed E-state index contributed by atoms with van der Waals surface area (Å²) in [7, 11) is 0. The van der Waals surface area contributed by atoms with Crippen LogP contribution in [-0.4, -0.2) is 42.7 Å². The first-order chi connectivity index (χ1) is 8.84. The normalized spacial score (nSPS) is 35.9. The molecule has 1 amide bonds. The first kappa shape index (κ1) is 12.0. The lowest BCUT2D eigenvalue weighted by Gasteiger charge is -2.29. The van der Waals surface area contributed by atoms with Crippen LogP contribution in [0.15, 0.2) is 12.3 Å². The Morgan fingerprint density at radius 3 is 2.94 bits per heavy atom. The molecule has 0 bridgehead atoms. The van der Waals surface area contributed by atoms with E-state index in [2.05, 4.69) is 16.3 Å². The van der Waals surface area contributed by atoms with Crippen molar-refractivity contribution in [3.8, 4) is 0 Å². The Balaban J connectivity index is 1.57. The fourth-order valence-corrected chi connectivity index (χ4v) is 2.80. The molecule has 3 aliphatic heterocycles. The molecule has 6 nitrogen and oxygen atoms in total. The number of amides is 1. The summed E-state index contributed by atoms with van der Waals surface area (Å²) in [4.78, 5) is 12.2. The molecule has 3 rings (SSSR count). The van der Waals surface area contributed by atoms with Gasteiger partial charge in [-0.15, -0.1) is 0 Å². The SMILES string of the molecule is O=C(NN1CCCCC1)C1NNC2C=COCC21. The summed E-state index contributed by atoms with van der Waals surface area (Å²) in [6, 6.07) is -0.0299. The molecule has 0 aromatic carbocycles. The number of hydrazine groups is 2. The highest BCUT2D eigenvalue weighted by Crippen LogP contribution is 2.20. The lowest BCUT2D eigenvalue weighted by Crippen LogP contribution is -2.53. The van der Waals surface area contributed by atoms with Gasteiger partial charge in [0.05, 0.1) is 18.9 Å². The first-order valence-corrected chi connectivity index (χ1v) is 6.69. The molecule has 0 aliphatic carbocycles. The predicted molar refractivity (Wildman–Crippen MR) is 66.0 cm³/mol. The zero-order chi connectivity index (χ0) is 12.4. The number of fused-ring (bicyclic) bond motifs is 1. The van der Waals surface area contributed by atoms with Gasteiger partial charge < -0.3 is 4.74 Å². The highest BCUT2D eigenvalue weighted by atomic mass is 16.5. The average Bonchev–Trinajstić information content (AvgIpc) is 2.84. The van der Waals surface area contributed by atoms with Gasteiger partial charge in [0, 0.05) is 19.0 Å². The molecule has 3 N–H and O–H groups in total. The van der Waals surface area contributed by atoms with Gasteiger partial charge in [-0.05, 0) is 18.9 Å². The lowest BCUT2D eigenvalue weighted by molar-refractivity contribution is -0.129. The van der Waals surface area contributed by atoms with Gasteiger partial charge in [0.1, 0.15) is 6.04 Å². The summed E-state index contributed by atoms with van der Waals surface area (Å²) >= 11 is 0. The molecule has 0 saturated carbocycles. The molecule has 0 spiro atoms. The number of hydrogen-bond acceptors (Lipinski definition) is 5. The minimum absolute atomic E-state index is 0.0378. The van der Waals surface area contributed by atoms with E-state index in [1.54, 1.807) is 6.26 Å². The standard InChI is InChI=1S/C12H20N4O2/c17-12(15-16-5-2-1-3-6-16)11-9-8-18-7-4-10(9)13-14-11/h4,7,9-11,13-14H,1-3,5-6,8H2,(H,15,17). The quantitative estimate of drug-likeness (QED) is 0.619. The van der Waals surface area contributed by atoms with E-state index >= 15 is 0 Å². The van der Waals surface area contributed by atoms with Crippen LogP contribution in [0.2, 0.25) is 0 Å². The molecule has 18 heavy (non-hydrogen) atoms. The van der Waals surface area contributed by atoms with Crippen LogP contribution in [0.5, 0.6) is 0 Å². The smallest absolute Gasteiger partial charge is 0.253 e. The van der Waals surface area contributed by atoms with E-state index in [4.69, 9.17) is 4.74 Å². The highest BCUT2D eigenvalue weighted by Gasteiger charge is 2.41.